The molecule has 8 nitrogen and oxygen atoms in total. The van der Waals surface area contributed by atoms with E-state index in [0.29, 0.717) is 18.2 Å². The number of aromatic hydroxyl groups is 1. The van der Waals surface area contributed by atoms with E-state index in [2.05, 4.69) is 25.8 Å². The van der Waals surface area contributed by atoms with E-state index in [0.717, 1.165) is 28.9 Å². The number of phenols is 1. The number of nitrogens with zero attached hydrogens (tertiary/aromatic N) is 2. The average Bonchev–Trinajstić information content (AvgIpc) is 3.36. The van der Waals surface area contributed by atoms with E-state index in [1.54, 1.807) is 0 Å². The molecule has 4 rings (SSSR count). The van der Waals surface area contributed by atoms with Crippen molar-refractivity contribution in [2.75, 3.05) is 29.9 Å². The van der Waals surface area contributed by atoms with Crippen molar-refractivity contribution in [3.8, 4) is 5.75 Å². The summed E-state index contributed by atoms with van der Waals surface area (Å²) in [5, 5.41) is 19.3. The van der Waals surface area contributed by atoms with Gasteiger partial charge in [0.15, 0.2) is 5.13 Å². The lowest BCUT2D eigenvalue weighted by molar-refractivity contribution is 0.0937. The second-order valence-electron chi connectivity index (χ2n) is 7.34. The SMILES string of the molecule is CCNC(=O)Nc1nc2ccc(N3CC[C@H](NC(=O)c4cc(Cl)cc(Cl)c4O)C3)cc2s1. The van der Waals surface area contributed by atoms with Gasteiger partial charge < -0.3 is 20.6 Å². The van der Waals surface area contributed by atoms with Crippen molar-refractivity contribution in [3.63, 3.8) is 0 Å². The summed E-state index contributed by atoms with van der Waals surface area (Å²) < 4.78 is 0.959. The highest BCUT2D eigenvalue weighted by atomic mass is 35.5. The number of thiazole rings is 1. The number of carbonyl (C=O) groups is 2. The Kier molecular flexibility index (Phi) is 6.59. The lowest BCUT2D eigenvalue weighted by atomic mass is 10.1. The molecule has 168 valence electrons. The van der Waals surface area contributed by atoms with Crippen molar-refractivity contribution < 1.29 is 14.7 Å². The molecule has 0 aliphatic carbocycles. The molecule has 1 saturated heterocycles. The zero-order chi connectivity index (χ0) is 22.8. The van der Waals surface area contributed by atoms with E-state index in [-0.39, 0.29) is 33.4 Å². The summed E-state index contributed by atoms with van der Waals surface area (Å²) in [7, 11) is 0. The van der Waals surface area contributed by atoms with Crippen molar-refractivity contribution in [2.45, 2.75) is 19.4 Å². The predicted octanol–water partition coefficient (Wildman–Crippen LogP) is 4.46. The minimum atomic E-state index is -0.419. The Hall–Kier alpha value is -2.75. The van der Waals surface area contributed by atoms with E-state index >= 15 is 0 Å². The van der Waals surface area contributed by atoms with Gasteiger partial charge in [-0.2, -0.15) is 0 Å². The standard InChI is InChI=1S/C21H21Cl2N5O3S/c1-2-24-20(31)27-21-26-16-4-3-13(9-17(16)32-21)28-6-5-12(10-28)25-19(30)14-7-11(22)8-15(23)18(14)29/h3-4,7-9,12,29H,2,5-6,10H2,1H3,(H,25,30)(H2,24,26,27,31)/t12-/m0/s1. The summed E-state index contributed by atoms with van der Waals surface area (Å²) in [6.07, 6.45) is 0.755. The second kappa shape index (κ2) is 9.40. The Morgan fingerprint density at radius 1 is 1.28 bits per heavy atom. The van der Waals surface area contributed by atoms with E-state index in [4.69, 9.17) is 23.2 Å². The maximum Gasteiger partial charge on any atom is 0.321 e. The molecule has 32 heavy (non-hydrogen) atoms. The molecule has 1 aromatic heterocycles. The number of nitrogens with one attached hydrogen (secondary N) is 3. The van der Waals surface area contributed by atoms with Crippen LogP contribution in [-0.2, 0) is 0 Å². The summed E-state index contributed by atoms with van der Waals surface area (Å²) in [4.78, 5) is 31.0. The van der Waals surface area contributed by atoms with Crippen LogP contribution in [-0.4, -0.2) is 47.7 Å². The largest absolute Gasteiger partial charge is 0.506 e. The summed E-state index contributed by atoms with van der Waals surface area (Å²) in [6, 6.07) is 8.34. The van der Waals surface area contributed by atoms with Gasteiger partial charge in [0.2, 0.25) is 0 Å². The van der Waals surface area contributed by atoms with Crippen LogP contribution in [0.3, 0.4) is 0 Å². The van der Waals surface area contributed by atoms with Crippen LogP contribution in [0.1, 0.15) is 23.7 Å². The fourth-order valence-electron chi connectivity index (χ4n) is 3.58. The van der Waals surface area contributed by atoms with Crippen molar-refractivity contribution in [1.82, 2.24) is 15.6 Å². The highest BCUT2D eigenvalue weighted by Gasteiger charge is 2.26. The Labute approximate surface area is 198 Å². The normalized spacial score (nSPS) is 15.7. The van der Waals surface area contributed by atoms with Gasteiger partial charge in [-0.3, -0.25) is 10.1 Å². The van der Waals surface area contributed by atoms with Gasteiger partial charge in [-0.25, -0.2) is 9.78 Å². The molecule has 0 radical (unpaired) electrons. The first-order chi connectivity index (χ1) is 15.3. The molecule has 0 spiro atoms. The fraction of sp³-hybridized carbons (Fsp3) is 0.286. The number of hydrogen-bond acceptors (Lipinski definition) is 6. The van der Waals surface area contributed by atoms with Crippen LogP contribution in [0.15, 0.2) is 30.3 Å². The third kappa shape index (κ3) is 4.85. The first-order valence-electron chi connectivity index (χ1n) is 10.0. The summed E-state index contributed by atoms with van der Waals surface area (Å²) >= 11 is 13.3. The number of aromatic nitrogens is 1. The number of urea groups is 1. The lowest BCUT2D eigenvalue weighted by Crippen LogP contribution is -2.37. The molecule has 3 aromatic rings. The zero-order valence-corrected chi connectivity index (χ0v) is 19.4. The summed E-state index contributed by atoms with van der Waals surface area (Å²) in [6.45, 7) is 3.77. The Balaban J connectivity index is 1.43. The van der Waals surface area contributed by atoms with E-state index in [1.165, 1.54) is 23.5 Å². The minimum absolute atomic E-state index is 0.0367. The molecule has 1 fully saturated rings. The Bertz CT molecular complexity index is 1190. The molecule has 1 atom stereocenters. The van der Waals surface area contributed by atoms with Crippen LogP contribution < -0.4 is 20.9 Å². The molecule has 2 aromatic carbocycles. The molecule has 0 unspecified atom stereocenters. The van der Waals surface area contributed by atoms with Crippen molar-refractivity contribution in [3.05, 3.63) is 45.9 Å². The van der Waals surface area contributed by atoms with E-state index < -0.39 is 5.91 Å². The van der Waals surface area contributed by atoms with Gasteiger partial charge in [0.25, 0.3) is 5.91 Å². The van der Waals surface area contributed by atoms with Crippen molar-refractivity contribution in [2.24, 2.45) is 0 Å². The molecule has 3 amide bonds. The number of carbonyl (C=O) groups excluding carboxylic acids is 2. The number of amides is 3. The van der Waals surface area contributed by atoms with Crippen LogP contribution in [0.4, 0.5) is 15.6 Å². The molecular weight excluding hydrogens is 473 g/mol. The predicted molar refractivity (Wildman–Crippen MR) is 129 cm³/mol. The highest BCUT2D eigenvalue weighted by Crippen LogP contribution is 2.33. The van der Waals surface area contributed by atoms with E-state index in [1.807, 2.05) is 25.1 Å². The zero-order valence-electron chi connectivity index (χ0n) is 17.1. The van der Waals surface area contributed by atoms with Crippen LogP contribution in [0.2, 0.25) is 10.0 Å². The molecule has 0 saturated carbocycles. The van der Waals surface area contributed by atoms with Gasteiger partial charge >= 0.3 is 6.03 Å². The summed E-state index contributed by atoms with van der Waals surface area (Å²) in [5.74, 6) is -0.700. The van der Waals surface area contributed by atoms with Gasteiger partial charge in [-0.15, -0.1) is 0 Å². The number of rotatable bonds is 5. The maximum atomic E-state index is 12.6. The number of fused-ring (bicyclic) bond motifs is 1. The monoisotopic (exact) mass is 493 g/mol. The molecular formula is C21H21Cl2N5O3S. The van der Waals surface area contributed by atoms with Gasteiger partial charge in [-0.05, 0) is 43.7 Å². The smallest absolute Gasteiger partial charge is 0.321 e. The van der Waals surface area contributed by atoms with E-state index in [9.17, 15) is 14.7 Å². The van der Waals surface area contributed by atoms with Gasteiger partial charge in [0.05, 0.1) is 20.8 Å². The van der Waals surface area contributed by atoms with Crippen LogP contribution >= 0.6 is 34.5 Å². The highest BCUT2D eigenvalue weighted by molar-refractivity contribution is 7.22. The van der Waals surface area contributed by atoms with Gasteiger partial charge in [0, 0.05) is 36.4 Å². The number of halogens is 2. The molecule has 4 N–H and O–H groups in total. The quantitative estimate of drug-likeness (QED) is 0.419. The van der Waals surface area contributed by atoms with Crippen LogP contribution in [0.5, 0.6) is 5.75 Å². The number of phenolic OH excluding ortho intramolecular Hbond substituents is 1. The van der Waals surface area contributed by atoms with Crippen LogP contribution in [0.25, 0.3) is 10.2 Å². The minimum Gasteiger partial charge on any atom is -0.506 e. The van der Waals surface area contributed by atoms with Crippen LogP contribution in [0, 0.1) is 0 Å². The molecule has 11 heteroatoms. The number of anilines is 2. The molecule has 2 heterocycles. The van der Waals surface area contributed by atoms with Gasteiger partial charge in [-0.1, -0.05) is 34.5 Å². The molecule has 0 bridgehead atoms. The van der Waals surface area contributed by atoms with Gasteiger partial charge in [0.1, 0.15) is 5.75 Å². The van der Waals surface area contributed by atoms with Crippen molar-refractivity contribution in [1.29, 1.82) is 0 Å². The third-order valence-corrected chi connectivity index (χ3v) is 6.53. The summed E-state index contributed by atoms with van der Waals surface area (Å²) in [5.41, 5.74) is 1.87. The first-order valence-corrected chi connectivity index (χ1v) is 11.6. The average molecular weight is 494 g/mol. The molecule has 1 aliphatic heterocycles. The van der Waals surface area contributed by atoms with Crippen molar-refractivity contribution >= 4 is 67.5 Å². The molecule has 1 aliphatic rings. The Morgan fingerprint density at radius 2 is 2.09 bits per heavy atom. The second-order valence-corrected chi connectivity index (χ2v) is 9.22. The topological polar surface area (TPSA) is 107 Å². The number of benzene rings is 2. The Morgan fingerprint density at radius 3 is 2.88 bits per heavy atom. The maximum absolute atomic E-state index is 12.6. The number of hydrogen-bond donors (Lipinski definition) is 4. The first kappa shape index (κ1) is 22.4. The fourth-order valence-corrected chi connectivity index (χ4v) is 4.97. The lowest BCUT2D eigenvalue weighted by Gasteiger charge is -2.19. The third-order valence-electron chi connectivity index (χ3n) is 5.09.